The van der Waals surface area contributed by atoms with Crippen LogP contribution in [0.15, 0.2) is 72.8 Å². The molecule has 3 rings (SSSR count). The van der Waals surface area contributed by atoms with Crippen LogP contribution in [0, 0.1) is 0 Å². The fourth-order valence-electron chi connectivity index (χ4n) is 3.14. The van der Waals surface area contributed by atoms with Gasteiger partial charge in [0, 0.05) is 17.8 Å². The summed E-state index contributed by atoms with van der Waals surface area (Å²) in [5.74, 6) is -0.0759. The van der Waals surface area contributed by atoms with Crippen LogP contribution in [-0.2, 0) is 17.8 Å². The van der Waals surface area contributed by atoms with Gasteiger partial charge in [-0.2, -0.15) is 0 Å². The van der Waals surface area contributed by atoms with Crippen LogP contribution in [-0.4, -0.2) is 30.3 Å². The molecule has 0 fully saturated rings. The Bertz CT molecular complexity index is 1050. The fraction of sp³-hybridized carbons (Fsp3) is 0.200. The lowest BCUT2D eigenvalue weighted by molar-refractivity contribution is -0.116. The smallest absolute Gasteiger partial charge is 0.257 e. The van der Waals surface area contributed by atoms with Crippen molar-refractivity contribution in [2.24, 2.45) is 0 Å². The van der Waals surface area contributed by atoms with Gasteiger partial charge in [0.2, 0.25) is 5.91 Å². The molecule has 160 valence electrons. The van der Waals surface area contributed by atoms with E-state index < -0.39 is 0 Å². The molecule has 0 atom stereocenters. The lowest BCUT2D eigenvalue weighted by Gasteiger charge is -2.19. The van der Waals surface area contributed by atoms with Crippen LogP contribution in [0.5, 0.6) is 5.75 Å². The highest BCUT2D eigenvalue weighted by Crippen LogP contribution is 2.22. The van der Waals surface area contributed by atoms with Gasteiger partial charge in [0.05, 0.1) is 12.1 Å². The zero-order valence-electron chi connectivity index (χ0n) is 17.6. The summed E-state index contributed by atoms with van der Waals surface area (Å²) in [5.41, 5.74) is 3.16. The molecule has 0 unspecified atom stereocenters. The third kappa shape index (κ3) is 6.09. The van der Waals surface area contributed by atoms with E-state index in [4.69, 9.17) is 16.3 Å². The second kappa shape index (κ2) is 10.6. The minimum Gasteiger partial charge on any atom is -0.488 e. The zero-order valence-corrected chi connectivity index (χ0v) is 18.4. The number of para-hydroxylation sites is 2. The highest BCUT2D eigenvalue weighted by atomic mass is 35.5. The van der Waals surface area contributed by atoms with Gasteiger partial charge in [-0.3, -0.25) is 9.59 Å². The van der Waals surface area contributed by atoms with Crippen LogP contribution in [0.3, 0.4) is 0 Å². The van der Waals surface area contributed by atoms with Gasteiger partial charge in [-0.1, -0.05) is 61.0 Å². The van der Waals surface area contributed by atoms with E-state index in [0.717, 1.165) is 23.2 Å². The number of ether oxygens (including phenoxy) is 1. The summed E-state index contributed by atoms with van der Waals surface area (Å²) in [5, 5.41) is 3.54. The number of anilines is 1. The molecule has 5 nitrogen and oxygen atoms in total. The number of hydrogen-bond donors (Lipinski definition) is 1. The van der Waals surface area contributed by atoms with E-state index >= 15 is 0 Å². The second-order valence-electron chi connectivity index (χ2n) is 7.13. The van der Waals surface area contributed by atoms with Gasteiger partial charge < -0.3 is 15.0 Å². The molecule has 31 heavy (non-hydrogen) atoms. The van der Waals surface area contributed by atoms with Gasteiger partial charge in [0.1, 0.15) is 12.4 Å². The number of aryl methyl sites for hydroxylation is 1. The summed E-state index contributed by atoms with van der Waals surface area (Å²) in [6.45, 7) is 2.27. The van der Waals surface area contributed by atoms with E-state index in [1.165, 1.54) is 4.90 Å². The number of hydrogen-bond acceptors (Lipinski definition) is 3. The lowest BCUT2D eigenvalue weighted by Crippen LogP contribution is -2.35. The monoisotopic (exact) mass is 436 g/mol. The maximum Gasteiger partial charge on any atom is 0.257 e. The highest BCUT2D eigenvalue weighted by Gasteiger charge is 2.19. The molecule has 0 radical (unpaired) electrons. The van der Waals surface area contributed by atoms with Crippen LogP contribution in [0.2, 0.25) is 5.02 Å². The Labute approximate surface area is 187 Å². The largest absolute Gasteiger partial charge is 0.488 e. The Morgan fingerprint density at radius 1 is 0.968 bits per heavy atom. The number of carbonyl (C=O) groups is 2. The number of nitrogens with one attached hydrogen (secondary N) is 1. The Kier molecular flexibility index (Phi) is 7.68. The van der Waals surface area contributed by atoms with Gasteiger partial charge in [-0.25, -0.2) is 0 Å². The SMILES string of the molecule is CCc1ccccc1NC(=O)CN(C)C(=O)c1ccccc1OCc1ccc(Cl)cc1. The second-order valence-corrected chi connectivity index (χ2v) is 7.57. The first kappa shape index (κ1) is 22.4. The lowest BCUT2D eigenvalue weighted by atomic mass is 10.1. The van der Waals surface area contributed by atoms with Crippen molar-refractivity contribution >= 4 is 29.1 Å². The quantitative estimate of drug-likeness (QED) is 0.528. The molecule has 0 heterocycles. The van der Waals surface area contributed by atoms with Gasteiger partial charge in [-0.05, 0) is 47.9 Å². The molecule has 0 aliphatic rings. The maximum absolute atomic E-state index is 13.0. The molecule has 0 aliphatic carbocycles. The van der Waals surface area contributed by atoms with E-state index in [9.17, 15) is 9.59 Å². The van der Waals surface area contributed by atoms with Crippen molar-refractivity contribution < 1.29 is 14.3 Å². The van der Waals surface area contributed by atoms with Crippen LogP contribution in [0.1, 0.15) is 28.4 Å². The van der Waals surface area contributed by atoms with Crippen molar-refractivity contribution in [2.45, 2.75) is 20.0 Å². The third-order valence-corrected chi connectivity index (χ3v) is 5.08. The average Bonchev–Trinajstić information content (AvgIpc) is 2.78. The first-order chi connectivity index (χ1) is 15.0. The summed E-state index contributed by atoms with van der Waals surface area (Å²) in [4.78, 5) is 26.9. The molecule has 3 aromatic carbocycles. The van der Waals surface area contributed by atoms with Crippen molar-refractivity contribution in [3.63, 3.8) is 0 Å². The molecular weight excluding hydrogens is 412 g/mol. The molecule has 0 aliphatic heterocycles. The first-order valence-electron chi connectivity index (χ1n) is 10.1. The molecule has 0 spiro atoms. The number of likely N-dealkylation sites (N-methyl/N-ethyl adjacent to an activating group) is 1. The van der Waals surface area contributed by atoms with Gasteiger partial charge in [0.25, 0.3) is 5.91 Å². The van der Waals surface area contributed by atoms with Crippen molar-refractivity contribution in [3.05, 3.63) is 94.5 Å². The van der Waals surface area contributed by atoms with Crippen molar-refractivity contribution in [2.75, 3.05) is 18.9 Å². The number of nitrogens with zero attached hydrogens (tertiary/aromatic N) is 1. The van der Waals surface area contributed by atoms with Crippen molar-refractivity contribution in [1.29, 1.82) is 0 Å². The Balaban J connectivity index is 1.65. The van der Waals surface area contributed by atoms with E-state index in [2.05, 4.69) is 5.32 Å². The molecule has 6 heteroatoms. The predicted octanol–water partition coefficient (Wildman–Crippen LogP) is 5.19. The van der Waals surface area contributed by atoms with Gasteiger partial charge in [-0.15, -0.1) is 0 Å². The topological polar surface area (TPSA) is 58.6 Å². The van der Waals surface area contributed by atoms with E-state index in [-0.39, 0.29) is 18.4 Å². The molecule has 3 aromatic rings. The summed E-state index contributed by atoms with van der Waals surface area (Å²) < 4.78 is 5.87. The number of halogens is 1. The fourth-order valence-corrected chi connectivity index (χ4v) is 3.27. The highest BCUT2D eigenvalue weighted by molar-refractivity contribution is 6.30. The average molecular weight is 437 g/mol. The number of benzene rings is 3. The standard InChI is InChI=1S/C25H25ClN2O3/c1-3-19-8-4-6-10-22(19)27-24(29)16-28(2)25(30)21-9-5-7-11-23(21)31-17-18-12-14-20(26)15-13-18/h4-15H,3,16-17H2,1-2H3,(H,27,29). The van der Waals surface area contributed by atoms with Gasteiger partial charge in [0.15, 0.2) is 0 Å². The summed E-state index contributed by atoms with van der Waals surface area (Å²) in [6.07, 6.45) is 0.809. The summed E-state index contributed by atoms with van der Waals surface area (Å²) in [7, 11) is 1.60. The molecular formula is C25H25ClN2O3. The molecule has 0 bridgehead atoms. The number of carbonyl (C=O) groups excluding carboxylic acids is 2. The van der Waals surface area contributed by atoms with Crippen LogP contribution in [0.25, 0.3) is 0 Å². The normalized spacial score (nSPS) is 10.4. The Hall–Kier alpha value is -3.31. The Morgan fingerprint density at radius 3 is 2.39 bits per heavy atom. The predicted molar refractivity (Wildman–Crippen MR) is 124 cm³/mol. The van der Waals surface area contributed by atoms with Crippen LogP contribution in [0.4, 0.5) is 5.69 Å². The van der Waals surface area contributed by atoms with E-state index in [1.54, 1.807) is 37.4 Å². The minimum atomic E-state index is -0.286. The van der Waals surface area contributed by atoms with Gasteiger partial charge >= 0.3 is 0 Å². The molecule has 1 N–H and O–H groups in total. The molecule has 0 aromatic heterocycles. The first-order valence-corrected chi connectivity index (χ1v) is 10.4. The van der Waals surface area contributed by atoms with Crippen LogP contribution >= 0.6 is 11.6 Å². The van der Waals surface area contributed by atoms with E-state index in [0.29, 0.717) is 22.9 Å². The van der Waals surface area contributed by atoms with Crippen molar-refractivity contribution in [3.8, 4) is 5.75 Å². The van der Waals surface area contributed by atoms with Crippen molar-refractivity contribution in [1.82, 2.24) is 4.90 Å². The summed E-state index contributed by atoms with van der Waals surface area (Å²) >= 11 is 5.92. The minimum absolute atomic E-state index is 0.0671. The summed E-state index contributed by atoms with van der Waals surface area (Å²) in [6, 6.07) is 22.0. The number of amides is 2. The molecule has 0 saturated carbocycles. The number of rotatable bonds is 8. The van der Waals surface area contributed by atoms with E-state index in [1.807, 2.05) is 49.4 Å². The maximum atomic E-state index is 13.0. The van der Waals surface area contributed by atoms with Crippen LogP contribution < -0.4 is 10.1 Å². The Morgan fingerprint density at radius 2 is 1.65 bits per heavy atom. The zero-order chi connectivity index (χ0) is 22.2. The molecule has 0 saturated heterocycles. The molecule has 2 amide bonds. The third-order valence-electron chi connectivity index (χ3n) is 4.82.